The van der Waals surface area contributed by atoms with Gasteiger partial charge in [0.1, 0.15) is 21.9 Å². The van der Waals surface area contributed by atoms with Crippen molar-refractivity contribution in [1.82, 2.24) is 9.97 Å². The van der Waals surface area contributed by atoms with Crippen LogP contribution in [-0.4, -0.2) is 49.2 Å². The molecule has 0 spiro atoms. The number of hydrogen-bond acceptors (Lipinski definition) is 7. The molecule has 0 radical (unpaired) electrons. The molecule has 6 nitrogen and oxygen atoms in total. The van der Waals surface area contributed by atoms with Crippen LogP contribution in [0.15, 0.2) is 30.6 Å². The molecule has 7 heteroatoms. The molecule has 3 aromatic rings. The highest BCUT2D eigenvalue weighted by Gasteiger charge is 2.24. The Bertz CT molecular complexity index is 993. The van der Waals surface area contributed by atoms with E-state index in [4.69, 9.17) is 4.74 Å². The summed E-state index contributed by atoms with van der Waals surface area (Å²) in [6.07, 6.45) is 1.58. The van der Waals surface area contributed by atoms with E-state index in [0.717, 1.165) is 47.8 Å². The molecule has 0 saturated carbocycles. The molecule has 27 heavy (non-hydrogen) atoms. The van der Waals surface area contributed by atoms with Crippen molar-refractivity contribution in [3.05, 3.63) is 46.6 Å². The normalized spacial score (nSPS) is 14.6. The fraction of sp³-hybridized carbons (Fsp3) is 0.350. The lowest BCUT2D eigenvalue weighted by molar-refractivity contribution is 0.0605. The summed E-state index contributed by atoms with van der Waals surface area (Å²) >= 11 is 1.37. The lowest BCUT2D eigenvalue weighted by Crippen LogP contribution is -2.47. The van der Waals surface area contributed by atoms with E-state index < -0.39 is 0 Å². The second-order valence-corrected chi connectivity index (χ2v) is 7.74. The van der Waals surface area contributed by atoms with Gasteiger partial charge in [-0.05, 0) is 37.1 Å². The van der Waals surface area contributed by atoms with E-state index in [1.165, 1.54) is 29.7 Å². The van der Waals surface area contributed by atoms with Crippen molar-refractivity contribution in [2.45, 2.75) is 13.8 Å². The highest BCUT2D eigenvalue weighted by Crippen LogP contribution is 2.35. The number of fused-ring (bicyclic) bond motifs is 1. The van der Waals surface area contributed by atoms with Gasteiger partial charge in [-0.1, -0.05) is 12.1 Å². The van der Waals surface area contributed by atoms with Crippen LogP contribution in [0.25, 0.3) is 10.2 Å². The Morgan fingerprint density at radius 1 is 1.11 bits per heavy atom. The van der Waals surface area contributed by atoms with E-state index in [0.29, 0.717) is 4.88 Å². The molecule has 0 aliphatic carbocycles. The number of ether oxygens (including phenoxy) is 1. The maximum Gasteiger partial charge on any atom is 0.348 e. The second kappa shape index (κ2) is 7.15. The van der Waals surface area contributed by atoms with Crippen LogP contribution in [-0.2, 0) is 4.74 Å². The summed E-state index contributed by atoms with van der Waals surface area (Å²) in [5.74, 6) is 0.596. The number of aryl methyl sites for hydroxylation is 2. The Balaban J connectivity index is 1.60. The second-order valence-electron chi connectivity index (χ2n) is 6.74. The number of aromatic nitrogens is 2. The molecule has 0 amide bonds. The van der Waals surface area contributed by atoms with Gasteiger partial charge in [-0.25, -0.2) is 14.8 Å². The van der Waals surface area contributed by atoms with Gasteiger partial charge >= 0.3 is 5.97 Å². The highest BCUT2D eigenvalue weighted by atomic mass is 32.1. The van der Waals surface area contributed by atoms with Crippen LogP contribution in [0.2, 0.25) is 0 Å². The van der Waals surface area contributed by atoms with Crippen molar-refractivity contribution in [2.75, 3.05) is 43.1 Å². The molecule has 4 rings (SSSR count). The number of esters is 1. The van der Waals surface area contributed by atoms with Crippen molar-refractivity contribution in [3.63, 3.8) is 0 Å². The van der Waals surface area contributed by atoms with E-state index in [1.54, 1.807) is 6.33 Å². The third-order valence-corrected chi connectivity index (χ3v) is 6.20. The quantitative estimate of drug-likeness (QED) is 0.647. The van der Waals surface area contributed by atoms with Gasteiger partial charge in [0.05, 0.1) is 12.5 Å². The lowest BCUT2D eigenvalue weighted by Gasteiger charge is -2.37. The largest absolute Gasteiger partial charge is 0.465 e. The van der Waals surface area contributed by atoms with Crippen LogP contribution in [0.1, 0.15) is 20.8 Å². The van der Waals surface area contributed by atoms with E-state index >= 15 is 0 Å². The standard InChI is InChI=1S/C20H22N4O2S/c1-13-5-4-6-15(11-13)23-7-9-24(10-8-23)18-16-14(2)17(20(25)26-3)27-19(16)22-12-21-18/h4-6,11-12H,7-10H2,1-3H3. The van der Waals surface area contributed by atoms with Crippen molar-refractivity contribution >= 4 is 39.0 Å². The number of benzene rings is 1. The average Bonchev–Trinajstić information content (AvgIpc) is 3.04. The van der Waals surface area contributed by atoms with E-state index in [2.05, 4.69) is 51.0 Å². The molecule has 3 heterocycles. The fourth-order valence-corrected chi connectivity index (χ4v) is 4.64. The number of nitrogens with zero attached hydrogens (tertiary/aromatic N) is 4. The van der Waals surface area contributed by atoms with Crippen LogP contribution in [0.4, 0.5) is 11.5 Å². The zero-order valence-corrected chi connectivity index (χ0v) is 16.5. The van der Waals surface area contributed by atoms with Crippen molar-refractivity contribution in [1.29, 1.82) is 0 Å². The Hall–Kier alpha value is -2.67. The number of rotatable bonds is 3. The molecular formula is C20H22N4O2S. The first-order valence-electron chi connectivity index (χ1n) is 8.97. The van der Waals surface area contributed by atoms with Crippen LogP contribution < -0.4 is 9.80 Å². The first kappa shape index (κ1) is 17.7. The van der Waals surface area contributed by atoms with Gasteiger partial charge in [0, 0.05) is 31.9 Å². The van der Waals surface area contributed by atoms with Gasteiger partial charge in [-0.2, -0.15) is 0 Å². The van der Waals surface area contributed by atoms with Crippen molar-refractivity contribution < 1.29 is 9.53 Å². The first-order chi connectivity index (χ1) is 13.1. The third kappa shape index (κ3) is 3.23. The molecule has 1 aliphatic heterocycles. The lowest BCUT2D eigenvalue weighted by atomic mass is 10.1. The fourth-order valence-electron chi connectivity index (χ4n) is 3.58. The zero-order chi connectivity index (χ0) is 19.0. The summed E-state index contributed by atoms with van der Waals surface area (Å²) in [4.78, 5) is 27.1. The molecule has 0 N–H and O–H groups in total. The molecule has 1 saturated heterocycles. The molecule has 2 aromatic heterocycles. The Kier molecular flexibility index (Phi) is 4.70. The summed E-state index contributed by atoms with van der Waals surface area (Å²) in [6, 6.07) is 8.62. The Labute approximate surface area is 162 Å². The summed E-state index contributed by atoms with van der Waals surface area (Å²) in [6.45, 7) is 7.69. The highest BCUT2D eigenvalue weighted by molar-refractivity contribution is 7.20. The number of anilines is 2. The van der Waals surface area contributed by atoms with Crippen LogP contribution >= 0.6 is 11.3 Å². The van der Waals surface area contributed by atoms with Crippen LogP contribution in [0, 0.1) is 13.8 Å². The molecule has 140 valence electrons. The molecule has 1 aromatic carbocycles. The monoisotopic (exact) mass is 382 g/mol. The Morgan fingerprint density at radius 3 is 2.56 bits per heavy atom. The SMILES string of the molecule is COC(=O)c1sc2ncnc(N3CCN(c4cccc(C)c4)CC3)c2c1C. The maximum atomic E-state index is 12.0. The number of piperazine rings is 1. The summed E-state index contributed by atoms with van der Waals surface area (Å²) in [5, 5.41) is 0.965. The minimum atomic E-state index is -0.314. The predicted molar refractivity (Wildman–Crippen MR) is 109 cm³/mol. The zero-order valence-electron chi connectivity index (χ0n) is 15.7. The van der Waals surface area contributed by atoms with E-state index in [9.17, 15) is 4.79 Å². The summed E-state index contributed by atoms with van der Waals surface area (Å²) < 4.78 is 4.91. The molecule has 1 aliphatic rings. The maximum absolute atomic E-state index is 12.0. The molecular weight excluding hydrogens is 360 g/mol. The predicted octanol–water partition coefficient (Wildman–Crippen LogP) is 3.42. The number of hydrogen-bond donors (Lipinski definition) is 0. The summed E-state index contributed by atoms with van der Waals surface area (Å²) in [7, 11) is 1.41. The van der Waals surface area contributed by atoms with Crippen LogP contribution in [0.5, 0.6) is 0 Å². The Morgan fingerprint density at radius 2 is 1.85 bits per heavy atom. The van der Waals surface area contributed by atoms with Gasteiger partial charge in [0.25, 0.3) is 0 Å². The molecule has 0 bridgehead atoms. The number of thiophene rings is 1. The molecule has 0 atom stereocenters. The minimum Gasteiger partial charge on any atom is -0.465 e. The van der Waals surface area contributed by atoms with Crippen molar-refractivity contribution in [3.8, 4) is 0 Å². The van der Waals surface area contributed by atoms with Crippen molar-refractivity contribution in [2.24, 2.45) is 0 Å². The van der Waals surface area contributed by atoms with E-state index in [-0.39, 0.29) is 5.97 Å². The van der Waals surface area contributed by atoms with Crippen LogP contribution in [0.3, 0.4) is 0 Å². The van der Waals surface area contributed by atoms with Gasteiger partial charge in [0.15, 0.2) is 0 Å². The number of carbonyl (C=O) groups excluding carboxylic acids is 1. The average molecular weight is 382 g/mol. The first-order valence-corrected chi connectivity index (χ1v) is 9.79. The number of carbonyl (C=O) groups is 1. The van der Waals surface area contributed by atoms with Gasteiger partial charge in [0.2, 0.25) is 0 Å². The molecule has 1 fully saturated rings. The van der Waals surface area contributed by atoms with E-state index in [1.807, 2.05) is 6.92 Å². The number of methoxy groups -OCH3 is 1. The topological polar surface area (TPSA) is 58.6 Å². The third-order valence-electron chi connectivity index (χ3n) is 5.02. The molecule has 0 unspecified atom stereocenters. The summed E-state index contributed by atoms with van der Waals surface area (Å²) in [5.41, 5.74) is 3.44. The minimum absolute atomic E-state index is 0.314. The van der Waals surface area contributed by atoms with Gasteiger partial charge in [-0.15, -0.1) is 11.3 Å². The van der Waals surface area contributed by atoms with Gasteiger partial charge in [-0.3, -0.25) is 0 Å². The van der Waals surface area contributed by atoms with Gasteiger partial charge < -0.3 is 14.5 Å². The smallest absolute Gasteiger partial charge is 0.348 e.